The highest BCUT2D eigenvalue weighted by molar-refractivity contribution is 5.76. The van der Waals surface area contributed by atoms with Crippen LogP contribution in [-0.4, -0.2) is 21.9 Å². The summed E-state index contributed by atoms with van der Waals surface area (Å²) in [6.07, 6.45) is 8.92. The van der Waals surface area contributed by atoms with Crippen LogP contribution in [0.25, 0.3) is 0 Å². The quantitative estimate of drug-likeness (QED) is 0.816. The highest BCUT2D eigenvalue weighted by Crippen LogP contribution is 2.31. The van der Waals surface area contributed by atoms with Crippen molar-refractivity contribution in [1.82, 2.24) is 4.57 Å². The van der Waals surface area contributed by atoms with Crippen LogP contribution in [0, 0.1) is 5.92 Å². The molecule has 1 aromatic rings. The molecule has 0 aromatic carbocycles. The summed E-state index contributed by atoms with van der Waals surface area (Å²) in [5, 5.41) is 9.36. The molecule has 98 valence electrons. The van der Waals surface area contributed by atoms with Crippen molar-refractivity contribution in [3.05, 3.63) is 24.0 Å². The molecule has 0 spiro atoms. The first kappa shape index (κ1) is 12.9. The highest BCUT2D eigenvalue weighted by Gasteiger charge is 2.26. The average molecular weight is 249 g/mol. The van der Waals surface area contributed by atoms with Crippen molar-refractivity contribution < 1.29 is 14.7 Å². The zero-order valence-corrected chi connectivity index (χ0v) is 10.4. The molecule has 0 amide bonds. The monoisotopic (exact) mass is 249 g/mol. The standard InChI is InChI=1S/C14H19NO3/c16-10-12-7-4-8-15(12)13(14(17)18)9-11-5-2-1-3-6-11/h4,7-8,10-11,13H,1-3,5-6,9H2,(H,17,18). The Kier molecular flexibility index (Phi) is 4.18. The summed E-state index contributed by atoms with van der Waals surface area (Å²) in [5.74, 6) is -0.373. The van der Waals surface area contributed by atoms with Gasteiger partial charge in [0.25, 0.3) is 0 Å². The Balaban J connectivity index is 2.12. The van der Waals surface area contributed by atoms with Crippen molar-refractivity contribution in [3.63, 3.8) is 0 Å². The van der Waals surface area contributed by atoms with E-state index in [4.69, 9.17) is 0 Å². The molecule has 2 rings (SSSR count). The summed E-state index contributed by atoms with van der Waals surface area (Å²) in [4.78, 5) is 22.3. The smallest absolute Gasteiger partial charge is 0.326 e. The minimum absolute atomic E-state index is 0.443. The second kappa shape index (κ2) is 5.85. The fourth-order valence-electron chi connectivity index (χ4n) is 2.86. The van der Waals surface area contributed by atoms with Crippen molar-refractivity contribution in [1.29, 1.82) is 0 Å². The van der Waals surface area contributed by atoms with Gasteiger partial charge >= 0.3 is 5.97 Å². The summed E-state index contributed by atoms with van der Waals surface area (Å²) < 4.78 is 1.59. The Hall–Kier alpha value is -1.58. The first-order chi connectivity index (χ1) is 8.72. The number of carboxylic acids is 1. The number of carboxylic acid groups (broad SMARTS) is 1. The van der Waals surface area contributed by atoms with E-state index in [1.165, 1.54) is 19.3 Å². The average Bonchev–Trinajstić information content (AvgIpc) is 2.84. The number of rotatable bonds is 5. The van der Waals surface area contributed by atoms with Crippen LogP contribution in [0.5, 0.6) is 0 Å². The van der Waals surface area contributed by atoms with Gasteiger partial charge in [0.05, 0.1) is 5.69 Å². The molecule has 1 saturated carbocycles. The van der Waals surface area contributed by atoms with Crippen LogP contribution in [0.3, 0.4) is 0 Å². The molecule has 1 N–H and O–H groups in total. The number of carbonyl (C=O) groups is 2. The van der Waals surface area contributed by atoms with Gasteiger partial charge in [0.15, 0.2) is 6.29 Å². The Labute approximate surface area is 107 Å². The third kappa shape index (κ3) is 2.81. The van der Waals surface area contributed by atoms with E-state index in [9.17, 15) is 14.7 Å². The minimum Gasteiger partial charge on any atom is -0.480 e. The van der Waals surface area contributed by atoms with Gasteiger partial charge in [-0.25, -0.2) is 4.79 Å². The molecular formula is C14H19NO3. The van der Waals surface area contributed by atoms with Gasteiger partial charge in [0, 0.05) is 6.20 Å². The second-order valence-electron chi connectivity index (χ2n) is 5.05. The molecule has 4 heteroatoms. The maximum atomic E-state index is 11.4. The normalized spacial score (nSPS) is 18.4. The summed E-state index contributed by atoms with van der Waals surface area (Å²) in [6.45, 7) is 0. The van der Waals surface area contributed by atoms with Crippen molar-refractivity contribution in [3.8, 4) is 0 Å². The Morgan fingerprint density at radius 2 is 2.17 bits per heavy atom. The molecule has 1 fully saturated rings. The van der Waals surface area contributed by atoms with Crippen molar-refractivity contribution >= 4 is 12.3 Å². The summed E-state index contributed by atoms with van der Waals surface area (Å²) in [6, 6.07) is 2.77. The Morgan fingerprint density at radius 1 is 1.44 bits per heavy atom. The van der Waals surface area contributed by atoms with Gasteiger partial charge in [-0.1, -0.05) is 32.1 Å². The summed E-state index contributed by atoms with van der Waals surface area (Å²) in [5.41, 5.74) is 0.443. The molecule has 1 aliphatic carbocycles. The van der Waals surface area contributed by atoms with E-state index in [1.807, 2.05) is 0 Å². The van der Waals surface area contributed by atoms with E-state index < -0.39 is 12.0 Å². The second-order valence-corrected chi connectivity index (χ2v) is 5.05. The fourth-order valence-corrected chi connectivity index (χ4v) is 2.86. The van der Waals surface area contributed by atoms with Gasteiger partial charge in [-0.2, -0.15) is 0 Å². The Morgan fingerprint density at radius 3 is 2.78 bits per heavy atom. The third-order valence-electron chi connectivity index (χ3n) is 3.83. The highest BCUT2D eigenvalue weighted by atomic mass is 16.4. The number of aromatic nitrogens is 1. The molecule has 0 radical (unpaired) electrons. The lowest BCUT2D eigenvalue weighted by molar-refractivity contribution is -0.141. The molecular weight excluding hydrogens is 230 g/mol. The lowest BCUT2D eigenvalue weighted by Crippen LogP contribution is -2.24. The summed E-state index contributed by atoms with van der Waals surface area (Å²) >= 11 is 0. The van der Waals surface area contributed by atoms with Gasteiger partial charge in [-0.3, -0.25) is 4.79 Å². The molecule has 1 unspecified atom stereocenters. The predicted octanol–water partition coefficient (Wildman–Crippen LogP) is 2.90. The zero-order chi connectivity index (χ0) is 13.0. The van der Waals surface area contributed by atoms with Gasteiger partial charge < -0.3 is 9.67 Å². The first-order valence-corrected chi connectivity index (χ1v) is 6.57. The van der Waals surface area contributed by atoms with Crippen molar-refractivity contribution in [2.75, 3.05) is 0 Å². The van der Waals surface area contributed by atoms with Crippen molar-refractivity contribution in [2.45, 2.75) is 44.6 Å². The van der Waals surface area contributed by atoms with Crippen LogP contribution in [-0.2, 0) is 4.79 Å². The molecule has 18 heavy (non-hydrogen) atoms. The molecule has 1 atom stereocenters. The maximum absolute atomic E-state index is 11.4. The number of aliphatic carboxylic acids is 1. The molecule has 1 aromatic heterocycles. The van der Waals surface area contributed by atoms with Gasteiger partial charge in [0.1, 0.15) is 6.04 Å². The SMILES string of the molecule is O=Cc1cccn1C(CC1CCCCC1)C(=O)O. The molecule has 1 heterocycles. The Bertz CT molecular complexity index is 418. The van der Waals surface area contributed by atoms with E-state index >= 15 is 0 Å². The fraction of sp³-hybridized carbons (Fsp3) is 0.571. The number of aldehydes is 1. The topological polar surface area (TPSA) is 59.3 Å². The molecule has 0 saturated heterocycles. The van der Waals surface area contributed by atoms with Crippen LogP contribution in [0.2, 0.25) is 0 Å². The summed E-state index contributed by atoms with van der Waals surface area (Å²) in [7, 11) is 0. The lowest BCUT2D eigenvalue weighted by atomic mass is 9.84. The van der Waals surface area contributed by atoms with Crippen LogP contribution in [0.15, 0.2) is 18.3 Å². The van der Waals surface area contributed by atoms with Gasteiger partial charge in [-0.15, -0.1) is 0 Å². The van der Waals surface area contributed by atoms with E-state index in [-0.39, 0.29) is 0 Å². The van der Waals surface area contributed by atoms with E-state index in [2.05, 4.69) is 0 Å². The van der Waals surface area contributed by atoms with Gasteiger partial charge in [-0.05, 0) is 24.5 Å². The largest absolute Gasteiger partial charge is 0.480 e. The zero-order valence-electron chi connectivity index (χ0n) is 10.4. The van der Waals surface area contributed by atoms with Crippen LogP contribution in [0.1, 0.15) is 55.1 Å². The van der Waals surface area contributed by atoms with Crippen LogP contribution in [0.4, 0.5) is 0 Å². The maximum Gasteiger partial charge on any atom is 0.326 e. The van der Waals surface area contributed by atoms with E-state index in [0.29, 0.717) is 18.0 Å². The van der Waals surface area contributed by atoms with Crippen molar-refractivity contribution in [2.24, 2.45) is 5.92 Å². The number of nitrogens with zero attached hydrogens (tertiary/aromatic N) is 1. The molecule has 0 aliphatic heterocycles. The van der Waals surface area contributed by atoms with E-state index in [0.717, 1.165) is 19.1 Å². The number of hydrogen-bond donors (Lipinski definition) is 1. The molecule has 1 aliphatic rings. The van der Waals surface area contributed by atoms with Crippen LogP contribution >= 0.6 is 0 Å². The molecule has 0 bridgehead atoms. The van der Waals surface area contributed by atoms with Crippen LogP contribution < -0.4 is 0 Å². The molecule has 4 nitrogen and oxygen atoms in total. The number of hydrogen-bond acceptors (Lipinski definition) is 2. The third-order valence-corrected chi connectivity index (χ3v) is 3.83. The number of carbonyl (C=O) groups excluding carboxylic acids is 1. The minimum atomic E-state index is -0.847. The lowest BCUT2D eigenvalue weighted by Gasteiger charge is -2.25. The van der Waals surface area contributed by atoms with Gasteiger partial charge in [0.2, 0.25) is 0 Å². The first-order valence-electron chi connectivity index (χ1n) is 6.57. The predicted molar refractivity (Wildman–Crippen MR) is 67.7 cm³/mol. The van der Waals surface area contributed by atoms with E-state index in [1.54, 1.807) is 22.9 Å².